The van der Waals surface area contributed by atoms with Crippen LogP contribution in [0.4, 0.5) is 0 Å². The van der Waals surface area contributed by atoms with Gasteiger partial charge in [0.25, 0.3) is 0 Å². The van der Waals surface area contributed by atoms with Gasteiger partial charge in [-0.1, -0.05) is 103 Å². The van der Waals surface area contributed by atoms with E-state index in [1.807, 2.05) is 0 Å². The largest absolute Gasteiger partial charge is 0.368 e. The minimum absolute atomic E-state index is 0.118. The summed E-state index contributed by atoms with van der Waals surface area (Å²) >= 11 is 0. The molecule has 0 spiro atoms. The van der Waals surface area contributed by atoms with E-state index >= 15 is 0 Å². The van der Waals surface area contributed by atoms with Gasteiger partial charge >= 0.3 is 0 Å². The van der Waals surface area contributed by atoms with Gasteiger partial charge in [0.2, 0.25) is 0 Å². The molecule has 0 fully saturated rings. The third-order valence-electron chi connectivity index (χ3n) is 5.30. The molecule has 0 N–H and O–H groups in total. The first-order chi connectivity index (χ1) is 13.9. The summed E-state index contributed by atoms with van der Waals surface area (Å²) in [6.45, 7) is 2.52. The van der Waals surface area contributed by atoms with Crippen molar-refractivity contribution in [2.75, 3.05) is 6.61 Å². The lowest BCUT2D eigenvalue weighted by Crippen LogP contribution is -2.44. The number of nitrogens with zero attached hydrogens (tertiary/aromatic N) is 1. The van der Waals surface area contributed by atoms with Crippen molar-refractivity contribution in [1.82, 2.24) is 4.90 Å². The van der Waals surface area contributed by atoms with Crippen LogP contribution in [0.5, 0.6) is 0 Å². The second-order valence-corrected chi connectivity index (χ2v) is 7.36. The molecule has 2 nitrogen and oxygen atoms in total. The maximum absolute atomic E-state index is 6.09. The van der Waals surface area contributed by atoms with Crippen LogP contribution in [-0.4, -0.2) is 23.7 Å². The molecule has 2 atom stereocenters. The van der Waals surface area contributed by atoms with Gasteiger partial charge in [0, 0.05) is 19.1 Å². The normalized spacial score (nSPS) is 17.1. The Morgan fingerprint density at radius 3 is 1.68 bits per heavy atom. The van der Waals surface area contributed by atoms with Crippen molar-refractivity contribution >= 4 is 0 Å². The maximum atomic E-state index is 6.09. The average molecular weight is 370 g/mol. The maximum Gasteiger partial charge on any atom is 0.0919 e. The zero-order valence-corrected chi connectivity index (χ0v) is 16.2. The first-order valence-corrected chi connectivity index (χ1v) is 10.0. The summed E-state index contributed by atoms with van der Waals surface area (Å²) in [5.74, 6) is 0. The smallest absolute Gasteiger partial charge is 0.0919 e. The third-order valence-corrected chi connectivity index (χ3v) is 5.30. The molecule has 4 rings (SSSR count). The van der Waals surface area contributed by atoms with Crippen molar-refractivity contribution in [2.24, 2.45) is 0 Å². The summed E-state index contributed by atoms with van der Waals surface area (Å²) in [6, 6.07) is 32.5. The van der Waals surface area contributed by atoms with Gasteiger partial charge < -0.3 is 4.74 Å². The standard InChI is InChI=1S/C26H27NO/c1-4-11-22(12-5-1)19-25(26-17-10-18-28-26)27(20-23-13-6-2-7-14-23)21-24-15-8-3-9-16-24/h1-17,25-26H,18-21H2/t25-,26-/m0/s1. The Morgan fingerprint density at radius 2 is 1.21 bits per heavy atom. The van der Waals surface area contributed by atoms with E-state index in [2.05, 4.69) is 108 Å². The molecule has 1 heterocycles. The van der Waals surface area contributed by atoms with Gasteiger partial charge in [0.15, 0.2) is 0 Å². The van der Waals surface area contributed by atoms with Crippen LogP contribution in [0.15, 0.2) is 103 Å². The van der Waals surface area contributed by atoms with Crippen LogP contribution in [-0.2, 0) is 24.2 Å². The molecule has 1 aliphatic heterocycles. The lowest BCUT2D eigenvalue weighted by atomic mass is 9.98. The van der Waals surface area contributed by atoms with Crippen molar-refractivity contribution in [1.29, 1.82) is 0 Å². The highest BCUT2D eigenvalue weighted by Crippen LogP contribution is 2.23. The molecule has 0 bridgehead atoms. The Morgan fingerprint density at radius 1 is 0.714 bits per heavy atom. The molecule has 0 amide bonds. The zero-order chi connectivity index (χ0) is 19.0. The minimum atomic E-state index is 0.118. The van der Waals surface area contributed by atoms with Crippen LogP contribution < -0.4 is 0 Å². The quantitative estimate of drug-likeness (QED) is 0.503. The van der Waals surface area contributed by atoms with Crippen molar-refractivity contribution < 1.29 is 4.74 Å². The summed E-state index contributed by atoms with van der Waals surface area (Å²) in [5, 5.41) is 0. The van der Waals surface area contributed by atoms with Gasteiger partial charge in [-0.25, -0.2) is 0 Å². The summed E-state index contributed by atoms with van der Waals surface area (Å²) in [4.78, 5) is 2.57. The van der Waals surface area contributed by atoms with E-state index in [0.717, 1.165) is 19.5 Å². The van der Waals surface area contributed by atoms with Crippen LogP contribution >= 0.6 is 0 Å². The second-order valence-electron chi connectivity index (χ2n) is 7.36. The van der Waals surface area contributed by atoms with Gasteiger partial charge in [-0.3, -0.25) is 4.90 Å². The Bertz CT molecular complexity index is 819. The van der Waals surface area contributed by atoms with Crippen LogP contribution in [0.1, 0.15) is 16.7 Å². The molecule has 0 aromatic heterocycles. The van der Waals surface area contributed by atoms with Crippen LogP contribution in [0.3, 0.4) is 0 Å². The van der Waals surface area contributed by atoms with Gasteiger partial charge in [-0.15, -0.1) is 0 Å². The Balaban J connectivity index is 1.63. The predicted octanol–water partition coefficient (Wildman–Crippen LogP) is 5.26. The summed E-state index contributed by atoms with van der Waals surface area (Å²) in [7, 11) is 0. The minimum Gasteiger partial charge on any atom is -0.368 e. The van der Waals surface area contributed by atoms with Crippen molar-refractivity contribution in [3.63, 3.8) is 0 Å². The molecular formula is C26H27NO. The predicted molar refractivity (Wildman–Crippen MR) is 115 cm³/mol. The molecule has 1 aliphatic rings. The van der Waals surface area contributed by atoms with Gasteiger partial charge in [0.05, 0.1) is 12.7 Å². The van der Waals surface area contributed by atoms with Gasteiger partial charge in [-0.05, 0) is 23.1 Å². The summed E-state index contributed by atoms with van der Waals surface area (Å²) in [6.07, 6.45) is 5.46. The van der Waals surface area contributed by atoms with E-state index in [1.165, 1.54) is 16.7 Å². The molecule has 0 saturated heterocycles. The van der Waals surface area contributed by atoms with Crippen LogP contribution in [0, 0.1) is 0 Å². The molecule has 28 heavy (non-hydrogen) atoms. The third kappa shape index (κ3) is 4.98. The molecule has 0 unspecified atom stereocenters. The second kappa shape index (κ2) is 9.50. The Hall–Kier alpha value is -2.68. The Labute approximate surface area is 168 Å². The molecule has 3 aromatic rings. The number of rotatable bonds is 8. The van der Waals surface area contributed by atoms with E-state index in [0.29, 0.717) is 6.61 Å². The monoisotopic (exact) mass is 369 g/mol. The first-order valence-electron chi connectivity index (χ1n) is 10.0. The zero-order valence-electron chi connectivity index (χ0n) is 16.2. The van der Waals surface area contributed by atoms with E-state index in [4.69, 9.17) is 4.74 Å². The average Bonchev–Trinajstić information content (AvgIpc) is 3.28. The van der Waals surface area contributed by atoms with E-state index in [1.54, 1.807) is 0 Å². The van der Waals surface area contributed by atoms with Crippen molar-refractivity contribution in [2.45, 2.75) is 31.7 Å². The van der Waals surface area contributed by atoms with E-state index < -0.39 is 0 Å². The SMILES string of the molecule is C1=C[C@@H]([C@H](Cc2ccccc2)N(Cc2ccccc2)Cc2ccccc2)OC1. The van der Waals surface area contributed by atoms with Gasteiger partial charge in [0.1, 0.15) is 0 Å². The first kappa shape index (κ1) is 18.7. The molecule has 2 heteroatoms. The highest BCUT2D eigenvalue weighted by molar-refractivity contribution is 5.21. The van der Waals surface area contributed by atoms with E-state index in [9.17, 15) is 0 Å². The van der Waals surface area contributed by atoms with Crippen molar-refractivity contribution in [3.8, 4) is 0 Å². The van der Waals surface area contributed by atoms with Crippen LogP contribution in [0.25, 0.3) is 0 Å². The van der Waals surface area contributed by atoms with Gasteiger partial charge in [-0.2, -0.15) is 0 Å². The van der Waals surface area contributed by atoms with E-state index in [-0.39, 0.29) is 12.1 Å². The molecular weight excluding hydrogens is 342 g/mol. The topological polar surface area (TPSA) is 12.5 Å². The number of benzene rings is 3. The lowest BCUT2D eigenvalue weighted by Gasteiger charge is -2.35. The fourth-order valence-corrected chi connectivity index (χ4v) is 3.89. The molecule has 0 aliphatic carbocycles. The summed E-state index contributed by atoms with van der Waals surface area (Å²) in [5.41, 5.74) is 4.01. The molecule has 3 aromatic carbocycles. The lowest BCUT2D eigenvalue weighted by molar-refractivity contribution is 0.0304. The fraction of sp³-hybridized carbons (Fsp3) is 0.231. The molecule has 142 valence electrons. The molecule has 0 radical (unpaired) electrons. The molecule has 0 saturated carbocycles. The van der Waals surface area contributed by atoms with Crippen molar-refractivity contribution in [3.05, 3.63) is 120 Å². The highest BCUT2D eigenvalue weighted by Gasteiger charge is 2.29. The fourth-order valence-electron chi connectivity index (χ4n) is 3.89. The number of ether oxygens (including phenoxy) is 1. The number of hydrogen-bond donors (Lipinski definition) is 0. The number of hydrogen-bond acceptors (Lipinski definition) is 2. The Kier molecular flexibility index (Phi) is 6.33. The highest BCUT2D eigenvalue weighted by atomic mass is 16.5. The summed E-state index contributed by atoms with van der Waals surface area (Å²) < 4.78 is 6.09. The van der Waals surface area contributed by atoms with Crippen LogP contribution in [0.2, 0.25) is 0 Å².